The summed E-state index contributed by atoms with van der Waals surface area (Å²) in [5, 5.41) is 19.3. The Labute approximate surface area is 95.7 Å². The quantitative estimate of drug-likeness (QED) is 0.854. The molecule has 0 atom stereocenters. The summed E-state index contributed by atoms with van der Waals surface area (Å²) in [7, 11) is 0. The van der Waals surface area contributed by atoms with Crippen LogP contribution < -0.4 is 0 Å². The molecule has 1 aromatic carbocycles. The molecule has 6 nitrogen and oxygen atoms in total. The van der Waals surface area contributed by atoms with Gasteiger partial charge in [0.15, 0.2) is 5.82 Å². The number of benzene rings is 1. The first-order valence-electron chi connectivity index (χ1n) is 4.91. The molecule has 1 N–H and O–H groups in total. The number of carboxylic acid groups (broad SMARTS) is 1. The third-order valence-corrected chi connectivity index (χ3v) is 2.18. The van der Waals surface area contributed by atoms with Gasteiger partial charge in [-0.05, 0) is 22.6 Å². The number of nitrogens with zero attached hydrogens (tertiary/aromatic N) is 4. The molecule has 0 aliphatic carbocycles. The van der Waals surface area contributed by atoms with Gasteiger partial charge in [-0.25, -0.2) is 9.07 Å². The standard InChI is InChI=1S/C10H9FN4O2/c11-8-4-2-1-3-7(8)10-12-13-14-15(10)6-5-9(16)17/h1-4H,5-6H2,(H,16,17). The molecular formula is C10H9FN4O2. The molecule has 0 saturated heterocycles. The summed E-state index contributed by atoms with van der Waals surface area (Å²) in [6.45, 7) is 0.103. The number of halogens is 1. The molecule has 0 bridgehead atoms. The zero-order valence-corrected chi connectivity index (χ0v) is 8.75. The zero-order chi connectivity index (χ0) is 12.3. The number of rotatable bonds is 4. The molecule has 0 amide bonds. The fourth-order valence-electron chi connectivity index (χ4n) is 1.39. The van der Waals surface area contributed by atoms with E-state index in [2.05, 4.69) is 15.5 Å². The Morgan fingerprint density at radius 2 is 2.18 bits per heavy atom. The second-order valence-corrected chi connectivity index (χ2v) is 3.35. The van der Waals surface area contributed by atoms with Crippen LogP contribution in [-0.2, 0) is 11.3 Å². The topological polar surface area (TPSA) is 80.9 Å². The molecule has 2 aromatic rings. The molecule has 17 heavy (non-hydrogen) atoms. The molecule has 7 heteroatoms. The van der Waals surface area contributed by atoms with Gasteiger partial charge >= 0.3 is 5.97 Å². The molecule has 0 aliphatic rings. The molecule has 0 spiro atoms. The fraction of sp³-hybridized carbons (Fsp3) is 0.200. The number of carboxylic acids is 1. The monoisotopic (exact) mass is 236 g/mol. The molecule has 2 rings (SSSR count). The van der Waals surface area contributed by atoms with Gasteiger partial charge in [0.1, 0.15) is 5.82 Å². The van der Waals surface area contributed by atoms with Crippen molar-refractivity contribution in [2.75, 3.05) is 0 Å². The maximum atomic E-state index is 13.5. The van der Waals surface area contributed by atoms with E-state index >= 15 is 0 Å². The summed E-state index contributed by atoms with van der Waals surface area (Å²) in [6.07, 6.45) is -0.119. The van der Waals surface area contributed by atoms with Crippen LogP contribution in [0, 0.1) is 5.82 Å². The van der Waals surface area contributed by atoms with Crippen LogP contribution in [0.15, 0.2) is 24.3 Å². The Balaban J connectivity index is 2.31. The van der Waals surface area contributed by atoms with Crippen LogP contribution in [0.2, 0.25) is 0 Å². The second kappa shape index (κ2) is 4.69. The van der Waals surface area contributed by atoms with E-state index in [9.17, 15) is 9.18 Å². The maximum Gasteiger partial charge on any atom is 0.305 e. The minimum atomic E-state index is -0.958. The summed E-state index contributed by atoms with van der Waals surface area (Å²) in [4.78, 5) is 10.5. The Bertz CT molecular complexity index is 541. The average molecular weight is 236 g/mol. The van der Waals surface area contributed by atoms with Crippen LogP contribution in [0.5, 0.6) is 0 Å². The highest BCUT2D eigenvalue weighted by molar-refractivity contribution is 5.66. The molecule has 0 saturated carbocycles. The minimum absolute atomic E-state index is 0.103. The summed E-state index contributed by atoms with van der Waals surface area (Å²) in [5.41, 5.74) is 0.253. The van der Waals surface area contributed by atoms with Gasteiger partial charge in [0.25, 0.3) is 0 Å². The summed E-state index contributed by atoms with van der Waals surface area (Å²) in [6, 6.07) is 6.06. The summed E-state index contributed by atoms with van der Waals surface area (Å²) >= 11 is 0. The van der Waals surface area contributed by atoms with Crippen LogP contribution in [0.4, 0.5) is 4.39 Å². The van der Waals surface area contributed by atoms with Crippen molar-refractivity contribution in [1.82, 2.24) is 20.2 Å². The van der Waals surface area contributed by atoms with Gasteiger partial charge in [0, 0.05) is 0 Å². The van der Waals surface area contributed by atoms with Gasteiger partial charge < -0.3 is 5.11 Å². The molecule has 1 heterocycles. The van der Waals surface area contributed by atoms with Crippen molar-refractivity contribution >= 4 is 5.97 Å². The van der Waals surface area contributed by atoms with Gasteiger partial charge in [-0.2, -0.15) is 0 Å². The molecule has 1 aromatic heterocycles. The molecule has 0 radical (unpaired) electrons. The predicted molar refractivity (Wildman–Crippen MR) is 55.5 cm³/mol. The lowest BCUT2D eigenvalue weighted by atomic mass is 10.2. The molecular weight excluding hydrogens is 227 g/mol. The van der Waals surface area contributed by atoms with Crippen molar-refractivity contribution in [3.8, 4) is 11.4 Å². The van der Waals surface area contributed by atoms with Crippen molar-refractivity contribution in [1.29, 1.82) is 0 Å². The van der Waals surface area contributed by atoms with Crippen LogP contribution in [0.3, 0.4) is 0 Å². The fourth-order valence-corrected chi connectivity index (χ4v) is 1.39. The van der Waals surface area contributed by atoms with Gasteiger partial charge in [-0.15, -0.1) is 5.10 Å². The van der Waals surface area contributed by atoms with E-state index in [-0.39, 0.29) is 24.4 Å². The summed E-state index contributed by atoms with van der Waals surface area (Å²) < 4.78 is 14.8. The predicted octanol–water partition coefficient (Wildman–Crippen LogP) is 0.954. The van der Waals surface area contributed by atoms with Gasteiger partial charge in [-0.3, -0.25) is 4.79 Å². The lowest BCUT2D eigenvalue weighted by Gasteiger charge is -2.03. The number of hydrogen-bond donors (Lipinski definition) is 1. The molecule has 0 fully saturated rings. The van der Waals surface area contributed by atoms with Crippen LogP contribution >= 0.6 is 0 Å². The smallest absolute Gasteiger partial charge is 0.305 e. The molecule has 0 unspecified atom stereocenters. The van der Waals surface area contributed by atoms with Crippen molar-refractivity contribution < 1.29 is 14.3 Å². The highest BCUT2D eigenvalue weighted by Crippen LogP contribution is 2.19. The van der Waals surface area contributed by atoms with Gasteiger partial charge in [-0.1, -0.05) is 12.1 Å². The SMILES string of the molecule is O=C(O)CCn1nnnc1-c1ccccc1F. The Hall–Kier alpha value is -2.31. The van der Waals surface area contributed by atoms with E-state index in [0.29, 0.717) is 0 Å². The van der Waals surface area contributed by atoms with E-state index in [4.69, 9.17) is 5.11 Å². The van der Waals surface area contributed by atoms with Crippen LogP contribution in [-0.4, -0.2) is 31.3 Å². The zero-order valence-electron chi connectivity index (χ0n) is 8.75. The van der Waals surface area contributed by atoms with E-state index in [1.54, 1.807) is 12.1 Å². The van der Waals surface area contributed by atoms with Crippen LogP contribution in [0.25, 0.3) is 11.4 Å². The van der Waals surface area contributed by atoms with Crippen LogP contribution in [0.1, 0.15) is 6.42 Å². The Morgan fingerprint density at radius 1 is 1.41 bits per heavy atom. The highest BCUT2D eigenvalue weighted by atomic mass is 19.1. The van der Waals surface area contributed by atoms with Crippen molar-refractivity contribution in [3.63, 3.8) is 0 Å². The van der Waals surface area contributed by atoms with Crippen molar-refractivity contribution in [3.05, 3.63) is 30.1 Å². The lowest BCUT2D eigenvalue weighted by Crippen LogP contribution is -2.08. The first kappa shape index (κ1) is 11.2. The number of hydrogen-bond acceptors (Lipinski definition) is 4. The van der Waals surface area contributed by atoms with Gasteiger partial charge in [0.05, 0.1) is 18.5 Å². The van der Waals surface area contributed by atoms with Crippen molar-refractivity contribution in [2.24, 2.45) is 0 Å². The third kappa shape index (κ3) is 2.44. The number of aromatic nitrogens is 4. The summed E-state index contributed by atoms with van der Waals surface area (Å²) in [5.74, 6) is -1.18. The maximum absolute atomic E-state index is 13.5. The average Bonchev–Trinajstić information content (AvgIpc) is 2.75. The van der Waals surface area contributed by atoms with E-state index in [1.807, 2.05) is 0 Å². The third-order valence-electron chi connectivity index (χ3n) is 2.18. The van der Waals surface area contributed by atoms with Crippen molar-refractivity contribution in [2.45, 2.75) is 13.0 Å². The lowest BCUT2D eigenvalue weighted by molar-refractivity contribution is -0.137. The largest absolute Gasteiger partial charge is 0.481 e. The highest BCUT2D eigenvalue weighted by Gasteiger charge is 2.13. The minimum Gasteiger partial charge on any atom is -0.481 e. The first-order valence-corrected chi connectivity index (χ1v) is 4.91. The first-order chi connectivity index (χ1) is 8.18. The van der Waals surface area contributed by atoms with E-state index < -0.39 is 11.8 Å². The Kier molecular flexibility index (Phi) is 3.08. The number of carbonyl (C=O) groups is 1. The van der Waals surface area contributed by atoms with Gasteiger partial charge in [0.2, 0.25) is 0 Å². The molecule has 88 valence electrons. The number of aryl methyl sites for hydroxylation is 1. The van der Waals surface area contributed by atoms with E-state index in [0.717, 1.165) is 0 Å². The normalized spacial score (nSPS) is 10.4. The number of tetrazole rings is 1. The number of aliphatic carboxylic acids is 1. The van der Waals surface area contributed by atoms with E-state index in [1.165, 1.54) is 16.8 Å². The molecule has 0 aliphatic heterocycles. The Morgan fingerprint density at radius 3 is 2.88 bits per heavy atom. The second-order valence-electron chi connectivity index (χ2n) is 3.35.